The van der Waals surface area contributed by atoms with E-state index < -0.39 is 52.7 Å². The van der Waals surface area contributed by atoms with Crippen molar-refractivity contribution in [1.82, 2.24) is 0 Å². The van der Waals surface area contributed by atoms with Crippen LogP contribution in [0.5, 0.6) is 0 Å². The lowest BCUT2D eigenvalue weighted by Crippen LogP contribution is -2.64. The van der Waals surface area contributed by atoms with E-state index in [0.717, 1.165) is 5.56 Å². The third-order valence-corrected chi connectivity index (χ3v) is 7.81. The second-order valence-electron chi connectivity index (χ2n) is 9.53. The highest BCUT2D eigenvalue weighted by Crippen LogP contribution is 2.65. The first kappa shape index (κ1) is 21.6. The van der Waals surface area contributed by atoms with Crippen LogP contribution in [0.3, 0.4) is 0 Å². The quantitative estimate of drug-likeness (QED) is 0.530. The van der Waals surface area contributed by atoms with E-state index >= 15 is 0 Å². The topological polar surface area (TPSA) is 109 Å². The Hall–Kier alpha value is -2.64. The molecule has 3 fully saturated rings. The number of fused-ring (bicyclic) bond motifs is 3. The number of hydrogen-bond donors (Lipinski definition) is 0. The van der Waals surface area contributed by atoms with Gasteiger partial charge in [-0.25, -0.2) is 0 Å². The van der Waals surface area contributed by atoms with Crippen molar-refractivity contribution in [1.29, 1.82) is 0 Å². The second-order valence-corrected chi connectivity index (χ2v) is 9.53. The Morgan fingerprint density at radius 3 is 2.55 bits per heavy atom. The zero-order chi connectivity index (χ0) is 22.6. The summed E-state index contributed by atoms with van der Waals surface area (Å²) in [4.78, 5) is 51.2. The van der Waals surface area contributed by atoms with Crippen molar-refractivity contribution in [3.8, 4) is 0 Å². The Balaban J connectivity index is 1.80. The molecule has 0 bridgehead atoms. The monoisotopic (exact) mass is 432 g/mol. The molecule has 8 nitrogen and oxygen atoms in total. The molecule has 0 spiro atoms. The van der Waals surface area contributed by atoms with Gasteiger partial charge in [0.25, 0.3) is 0 Å². The predicted octanol–water partition coefficient (Wildman–Crippen LogP) is 3.00. The standard InChI is InChI=1S/C23H28O8/c1-12(24)30-16-9-15(20(26)28-4)22(2)7-5-14-21(27)31-17(13-6-8-29-11-13)10-23(14,3)19(22)18(16)25/h6,8,11,14-17,19H,5,7,9-10H2,1-4H3/t14-,15?,16?,17-,19-,22?,23?/m0/s1. The molecule has 1 aromatic rings. The number of rotatable bonds is 3. The summed E-state index contributed by atoms with van der Waals surface area (Å²) in [5.41, 5.74) is -0.763. The molecular weight excluding hydrogens is 404 g/mol. The summed E-state index contributed by atoms with van der Waals surface area (Å²) >= 11 is 0. The minimum atomic E-state index is -1.04. The first-order chi connectivity index (χ1) is 14.6. The van der Waals surface area contributed by atoms with Gasteiger partial charge in [0.2, 0.25) is 0 Å². The van der Waals surface area contributed by atoms with Crippen LogP contribution < -0.4 is 0 Å². The van der Waals surface area contributed by atoms with Crippen LogP contribution in [-0.2, 0) is 33.4 Å². The first-order valence-electron chi connectivity index (χ1n) is 10.6. The molecule has 0 N–H and O–H groups in total. The summed E-state index contributed by atoms with van der Waals surface area (Å²) in [5.74, 6) is -3.35. The van der Waals surface area contributed by atoms with E-state index in [9.17, 15) is 19.2 Å². The van der Waals surface area contributed by atoms with E-state index in [-0.39, 0.29) is 18.2 Å². The lowest BCUT2D eigenvalue weighted by atomic mass is 9.43. The average molecular weight is 432 g/mol. The van der Waals surface area contributed by atoms with Gasteiger partial charge in [0.15, 0.2) is 11.9 Å². The molecule has 31 heavy (non-hydrogen) atoms. The third-order valence-electron chi connectivity index (χ3n) is 7.81. The maximum atomic E-state index is 13.7. The van der Waals surface area contributed by atoms with Crippen LogP contribution in [0.25, 0.3) is 0 Å². The summed E-state index contributed by atoms with van der Waals surface area (Å²) in [7, 11) is 1.32. The minimum Gasteiger partial charge on any atom is -0.472 e. The van der Waals surface area contributed by atoms with Crippen molar-refractivity contribution < 1.29 is 37.8 Å². The Kier molecular flexibility index (Phi) is 5.22. The van der Waals surface area contributed by atoms with Crippen LogP contribution in [0, 0.1) is 28.6 Å². The smallest absolute Gasteiger partial charge is 0.310 e. The van der Waals surface area contributed by atoms with E-state index in [1.807, 2.05) is 13.8 Å². The normalized spacial score (nSPS) is 39.7. The average Bonchev–Trinajstić information content (AvgIpc) is 3.23. The van der Waals surface area contributed by atoms with Crippen LogP contribution in [0.4, 0.5) is 0 Å². The molecule has 0 amide bonds. The molecule has 0 radical (unpaired) electrons. The van der Waals surface area contributed by atoms with E-state index in [0.29, 0.717) is 19.3 Å². The summed E-state index contributed by atoms with van der Waals surface area (Å²) < 4.78 is 21.3. The number of ether oxygens (including phenoxy) is 3. The Labute approximate surface area is 180 Å². The molecule has 2 heterocycles. The minimum absolute atomic E-state index is 0.0917. The molecule has 7 atom stereocenters. The SMILES string of the molecule is COC(=O)C1CC(OC(C)=O)C(=O)[C@H]2C1(C)CC[C@H]1C(=O)O[C@H](c3ccoc3)CC12C. The van der Waals surface area contributed by atoms with Gasteiger partial charge in [-0.1, -0.05) is 13.8 Å². The maximum Gasteiger partial charge on any atom is 0.310 e. The number of methoxy groups -OCH3 is 1. The highest BCUT2D eigenvalue weighted by molar-refractivity contribution is 5.93. The van der Waals surface area contributed by atoms with Crippen LogP contribution in [0.1, 0.15) is 58.1 Å². The molecule has 1 aliphatic heterocycles. The summed E-state index contributed by atoms with van der Waals surface area (Å²) in [6, 6.07) is 1.74. The molecule has 2 aliphatic carbocycles. The van der Waals surface area contributed by atoms with Crippen molar-refractivity contribution in [3.05, 3.63) is 24.2 Å². The van der Waals surface area contributed by atoms with Gasteiger partial charge in [-0.05, 0) is 36.2 Å². The van der Waals surface area contributed by atoms with E-state index in [2.05, 4.69) is 0 Å². The number of carbonyl (C=O) groups is 4. The largest absolute Gasteiger partial charge is 0.472 e. The second kappa shape index (κ2) is 7.50. The Morgan fingerprint density at radius 2 is 1.94 bits per heavy atom. The number of Topliss-reactive ketones (excluding diaryl/α,β-unsaturated/α-hetero) is 1. The fourth-order valence-corrected chi connectivity index (χ4v) is 6.46. The van der Waals surface area contributed by atoms with E-state index in [4.69, 9.17) is 18.6 Å². The van der Waals surface area contributed by atoms with Crippen LogP contribution >= 0.6 is 0 Å². The highest BCUT2D eigenvalue weighted by Gasteiger charge is 2.67. The Morgan fingerprint density at radius 1 is 1.19 bits per heavy atom. The van der Waals surface area contributed by atoms with Gasteiger partial charge >= 0.3 is 17.9 Å². The van der Waals surface area contributed by atoms with Crippen LogP contribution in [0.15, 0.2) is 23.0 Å². The molecule has 2 saturated carbocycles. The maximum absolute atomic E-state index is 13.7. The van der Waals surface area contributed by atoms with Gasteiger partial charge in [0, 0.05) is 24.8 Å². The van der Waals surface area contributed by atoms with Gasteiger partial charge in [-0.15, -0.1) is 0 Å². The van der Waals surface area contributed by atoms with Crippen molar-refractivity contribution in [2.45, 2.75) is 58.7 Å². The molecule has 168 valence electrons. The third kappa shape index (κ3) is 3.27. The van der Waals surface area contributed by atoms with E-state index in [1.54, 1.807) is 6.07 Å². The number of hydrogen-bond acceptors (Lipinski definition) is 8. The van der Waals surface area contributed by atoms with Crippen molar-refractivity contribution >= 4 is 23.7 Å². The fraction of sp³-hybridized carbons (Fsp3) is 0.652. The molecule has 0 aromatic carbocycles. The molecule has 3 aliphatic rings. The summed E-state index contributed by atoms with van der Waals surface area (Å²) in [6.45, 7) is 5.09. The number of carbonyl (C=O) groups excluding carboxylic acids is 4. The highest BCUT2D eigenvalue weighted by atomic mass is 16.6. The van der Waals surface area contributed by atoms with Gasteiger partial charge < -0.3 is 18.6 Å². The lowest BCUT2D eigenvalue weighted by molar-refractivity contribution is -0.210. The van der Waals surface area contributed by atoms with Crippen molar-refractivity contribution in [2.24, 2.45) is 28.6 Å². The first-order valence-corrected chi connectivity index (χ1v) is 10.6. The lowest BCUT2D eigenvalue weighted by Gasteiger charge is -2.60. The zero-order valence-corrected chi connectivity index (χ0v) is 18.2. The number of esters is 3. The summed E-state index contributed by atoms with van der Waals surface area (Å²) in [6.07, 6.45) is 2.98. The van der Waals surface area contributed by atoms with Crippen molar-refractivity contribution in [2.75, 3.05) is 7.11 Å². The zero-order valence-electron chi connectivity index (χ0n) is 18.2. The van der Waals surface area contributed by atoms with Crippen LogP contribution in [0.2, 0.25) is 0 Å². The predicted molar refractivity (Wildman–Crippen MR) is 105 cm³/mol. The van der Waals surface area contributed by atoms with Gasteiger partial charge in [-0.2, -0.15) is 0 Å². The fourth-order valence-electron chi connectivity index (χ4n) is 6.46. The van der Waals surface area contributed by atoms with Gasteiger partial charge in [0.1, 0.15) is 6.10 Å². The number of furan rings is 1. The van der Waals surface area contributed by atoms with E-state index in [1.165, 1.54) is 26.6 Å². The molecule has 1 saturated heterocycles. The number of cyclic esters (lactones) is 1. The summed E-state index contributed by atoms with van der Waals surface area (Å²) in [5, 5.41) is 0. The molecule has 4 unspecified atom stereocenters. The molecule has 4 rings (SSSR count). The number of ketones is 1. The van der Waals surface area contributed by atoms with Crippen LogP contribution in [-0.4, -0.2) is 36.9 Å². The Bertz CT molecular complexity index is 905. The molecular formula is C23H28O8. The molecule has 8 heteroatoms. The van der Waals surface area contributed by atoms with Gasteiger partial charge in [0.05, 0.1) is 31.5 Å². The van der Waals surface area contributed by atoms with Crippen molar-refractivity contribution in [3.63, 3.8) is 0 Å². The molecule has 1 aromatic heterocycles. The van der Waals surface area contributed by atoms with Gasteiger partial charge in [-0.3, -0.25) is 19.2 Å².